The fraction of sp³-hybridized carbons (Fsp3) is 0.571. The van der Waals surface area contributed by atoms with Gasteiger partial charge in [0.05, 0.1) is 11.5 Å². The van der Waals surface area contributed by atoms with Crippen molar-refractivity contribution in [3.63, 3.8) is 0 Å². The zero-order chi connectivity index (χ0) is 15.5. The van der Waals surface area contributed by atoms with E-state index in [1.54, 1.807) is 19.1 Å². The van der Waals surface area contributed by atoms with Gasteiger partial charge in [0.15, 0.2) is 0 Å². The van der Waals surface area contributed by atoms with Crippen LogP contribution in [0.3, 0.4) is 0 Å². The third-order valence-electron chi connectivity index (χ3n) is 3.26. The van der Waals surface area contributed by atoms with Crippen molar-refractivity contribution in [1.82, 2.24) is 10.0 Å². The van der Waals surface area contributed by atoms with Gasteiger partial charge in [-0.05, 0) is 43.5 Å². The molecule has 0 aromatic heterocycles. The van der Waals surface area contributed by atoms with Gasteiger partial charge in [-0.15, -0.1) is 0 Å². The quantitative estimate of drug-likeness (QED) is 0.763. The van der Waals surface area contributed by atoms with Crippen LogP contribution in [0, 0.1) is 0 Å². The molecule has 118 valence electrons. The molecule has 1 unspecified atom stereocenters. The fourth-order valence-electron chi connectivity index (χ4n) is 2.01. The number of nitrogens with one attached hydrogen (secondary N) is 2. The van der Waals surface area contributed by atoms with E-state index in [0.29, 0.717) is 24.2 Å². The first-order chi connectivity index (χ1) is 9.92. The molecule has 2 rings (SSSR count). The molecular weight excluding hydrogens is 312 g/mol. The van der Waals surface area contributed by atoms with E-state index >= 15 is 0 Å². The first-order valence-electron chi connectivity index (χ1n) is 6.95. The van der Waals surface area contributed by atoms with Gasteiger partial charge in [0.2, 0.25) is 10.0 Å². The molecule has 2 N–H and O–H groups in total. The van der Waals surface area contributed by atoms with Crippen LogP contribution in [-0.2, 0) is 21.3 Å². The lowest BCUT2D eigenvalue weighted by molar-refractivity contribution is 0.180. The standard InChI is InChI=1S/C14H21ClN2O3S/c1-10(9-20-2)17-21(18,19)13-5-6-14(15)11(7-13)8-16-12-3-4-12/h5-7,10,12,16-17H,3-4,8-9H2,1-2H3. The minimum atomic E-state index is -3.56. The molecule has 5 nitrogen and oxygen atoms in total. The predicted molar refractivity (Wildman–Crippen MR) is 83.0 cm³/mol. The van der Waals surface area contributed by atoms with Crippen LogP contribution in [0.5, 0.6) is 0 Å². The Morgan fingerprint density at radius 2 is 2.14 bits per heavy atom. The van der Waals surface area contributed by atoms with Gasteiger partial charge in [-0.25, -0.2) is 13.1 Å². The molecule has 7 heteroatoms. The molecule has 0 radical (unpaired) electrons. The Morgan fingerprint density at radius 1 is 1.43 bits per heavy atom. The molecular formula is C14H21ClN2O3S. The Labute approximate surface area is 131 Å². The highest BCUT2D eigenvalue weighted by molar-refractivity contribution is 7.89. The van der Waals surface area contributed by atoms with E-state index in [1.165, 1.54) is 26.0 Å². The van der Waals surface area contributed by atoms with E-state index in [-0.39, 0.29) is 10.9 Å². The molecule has 0 bridgehead atoms. The van der Waals surface area contributed by atoms with Crippen molar-refractivity contribution < 1.29 is 13.2 Å². The van der Waals surface area contributed by atoms with Crippen molar-refractivity contribution >= 4 is 21.6 Å². The molecule has 1 aliphatic rings. The SMILES string of the molecule is COCC(C)NS(=O)(=O)c1ccc(Cl)c(CNC2CC2)c1. The second-order valence-corrected chi connectivity index (χ2v) is 7.51. The predicted octanol–water partition coefficient (Wildman–Crippen LogP) is 1.91. The van der Waals surface area contributed by atoms with Crippen LogP contribution in [0.15, 0.2) is 23.1 Å². The van der Waals surface area contributed by atoms with Crippen LogP contribution < -0.4 is 10.0 Å². The maximum Gasteiger partial charge on any atom is 0.240 e. The Balaban J connectivity index is 2.12. The molecule has 1 fully saturated rings. The lowest BCUT2D eigenvalue weighted by Gasteiger charge is -2.14. The van der Waals surface area contributed by atoms with Crippen LogP contribution in [-0.4, -0.2) is 34.2 Å². The van der Waals surface area contributed by atoms with Gasteiger partial charge in [0, 0.05) is 30.8 Å². The zero-order valence-electron chi connectivity index (χ0n) is 12.2. The van der Waals surface area contributed by atoms with Crippen LogP contribution in [0.4, 0.5) is 0 Å². The summed E-state index contributed by atoms with van der Waals surface area (Å²) < 4.78 is 32.1. The molecule has 0 amide bonds. The number of sulfonamides is 1. The van der Waals surface area contributed by atoms with E-state index in [2.05, 4.69) is 10.0 Å². The summed E-state index contributed by atoms with van der Waals surface area (Å²) in [5.74, 6) is 0. The summed E-state index contributed by atoms with van der Waals surface area (Å²) >= 11 is 6.13. The minimum absolute atomic E-state index is 0.224. The summed E-state index contributed by atoms with van der Waals surface area (Å²) in [5.41, 5.74) is 0.797. The monoisotopic (exact) mass is 332 g/mol. The summed E-state index contributed by atoms with van der Waals surface area (Å²) in [6, 6.07) is 5.02. The van der Waals surface area contributed by atoms with Crippen molar-refractivity contribution in [1.29, 1.82) is 0 Å². The van der Waals surface area contributed by atoms with Crippen molar-refractivity contribution in [2.24, 2.45) is 0 Å². The molecule has 1 aromatic carbocycles. The third kappa shape index (κ3) is 4.93. The largest absolute Gasteiger partial charge is 0.383 e. The minimum Gasteiger partial charge on any atom is -0.383 e. The lowest BCUT2D eigenvalue weighted by Crippen LogP contribution is -2.35. The van der Waals surface area contributed by atoms with Crippen LogP contribution in [0.25, 0.3) is 0 Å². The number of hydrogen-bond acceptors (Lipinski definition) is 4. The van der Waals surface area contributed by atoms with Gasteiger partial charge in [0.1, 0.15) is 0 Å². The van der Waals surface area contributed by atoms with Crippen molar-refractivity contribution in [2.75, 3.05) is 13.7 Å². The second-order valence-electron chi connectivity index (χ2n) is 5.39. The van der Waals surface area contributed by atoms with Crippen molar-refractivity contribution in [2.45, 2.75) is 43.3 Å². The highest BCUT2D eigenvalue weighted by Crippen LogP contribution is 2.23. The van der Waals surface area contributed by atoms with E-state index in [0.717, 1.165) is 5.56 Å². The van der Waals surface area contributed by atoms with E-state index in [4.69, 9.17) is 16.3 Å². The number of rotatable bonds is 8. The van der Waals surface area contributed by atoms with Crippen LogP contribution >= 0.6 is 11.6 Å². The van der Waals surface area contributed by atoms with Crippen LogP contribution in [0.2, 0.25) is 5.02 Å². The van der Waals surface area contributed by atoms with Crippen LogP contribution in [0.1, 0.15) is 25.3 Å². The number of ether oxygens (including phenoxy) is 1. The number of hydrogen-bond donors (Lipinski definition) is 2. The normalized spacial score (nSPS) is 16.9. The topological polar surface area (TPSA) is 67.4 Å². The van der Waals surface area contributed by atoms with Gasteiger partial charge >= 0.3 is 0 Å². The molecule has 1 saturated carbocycles. The average molecular weight is 333 g/mol. The summed E-state index contributed by atoms with van der Waals surface area (Å²) in [6.07, 6.45) is 2.34. The second kappa shape index (κ2) is 7.07. The fourth-order valence-corrected chi connectivity index (χ4v) is 3.48. The Hall–Kier alpha value is -0.660. The highest BCUT2D eigenvalue weighted by Gasteiger charge is 2.22. The highest BCUT2D eigenvalue weighted by atomic mass is 35.5. The average Bonchev–Trinajstić information content (AvgIpc) is 3.21. The first-order valence-corrected chi connectivity index (χ1v) is 8.81. The lowest BCUT2D eigenvalue weighted by atomic mass is 10.2. The molecule has 0 aliphatic heterocycles. The smallest absolute Gasteiger partial charge is 0.240 e. The number of halogens is 1. The Morgan fingerprint density at radius 3 is 2.76 bits per heavy atom. The molecule has 0 heterocycles. The van der Waals surface area contributed by atoms with Gasteiger partial charge in [-0.2, -0.15) is 0 Å². The molecule has 1 aromatic rings. The molecule has 1 aliphatic carbocycles. The van der Waals surface area contributed by atoms with Gasteiger partial charge < -0.3 is 10.1 Å². The maximum absolute atomic E-state index is 12.3. The number of benzene rings is 1. The summed E-state index contributed by atoms with van der Waals surface area (Å²) in [7, 11) is -2.02. The third-order valence-corrected chi connectivity index (χ3v) is 5.21. The van der Waals surface area contributed by atoms with Gasteiger partial charge in [-0.1, -0.05) is 11.6 Å². The Bertz CT molecular complexity index is 588. The summed E-state index contributed by atoms with van der Waals surface area (Å²) in [4.78, 5) is 0.224. The molecule has 0 spiro atoms. The molecule has 0 saturated heterocycles. The molecule has 1 atom stereocenters. The van der Waals surface area contributed by atoms with Crippen molar-refractivity contribution in [3.05, 3.63) is 28.8 Å². The summed E-state index contributed by atoms with van der Waals surface area (Å²) in [5, 5.41) is 3.91. The van der Waals surface area contributed by atoms with E-state index in [1.807, 2.05) is 0 Å². The molecule has 21 heavy (non-hydrogen) atoms. The first kappa shape index (κ1) is 16.7. The van der Waals surface area contributed by atoms with E-state index in [9.17, 15) is 8.42 Å². The van der Waals surface area contributed by atoms with E-state index < -0.39 is 10.0 Å². The van der Waals surface area contributed by atoms with Crippen molar-refractivity contribution in [3.8, 4) is 0 Å². The van der Waals surface area contributed by atoms with Gasteiger partial charge in [0.25, 0.3) is 0 Å². The Kier molecular flexibility index (Phi) is 5.62. The maximum atomic E-state index is 12.3. The summed E-state index contributed by atoms with van der Waals surface area (Å²) in [6.45, 7) is 2.66. The number of methoxy groups -OCH3 is 1. The van der Waals surface area contributed by atoms with Gasteiger partial charge in [-0.3, -0.25) is 0 Å². The zero-order valence-corrected chi connectivity index (χ0v) is 13.8.